The highest BCUT2D eigenvalue weighted by atomic mass is 16.3. The quantitative estimate of drug-likeness (QED) is 0.772. The third kappa shape index (κ3) is 2.71. The number of rotatable bonds is 5. The molecule has 0 bridgehead atoms. The van der Waals surface area contributed by atoms with E-state index in [9.17, 15) is 0 Å². The van der Waals surface area contributed by atoms with Crippen LogP contribution in [0.3, 0.4) is 0 Å². The van der Waals surface area contributed by atoms with Crippen molar-refractivity contribution in [2.75, 3.05) is 5.32 Å². The predicted molar refractivity (Wildman–Crippen MR) is 76.8 cm³/mol. The van der Waals surface area contributed by atoms with Crippen LogP contribution in [0.1, 0.15) is 18.4 Å². The van der Waals surface area contributed by atoms with Crippen LogP contribution in [0.25, 0.3) is 5.69 Å². The Morgan fingerprint density at radius 1 is 1.10 bits per heavy atom. The highest BCUT2D eigenvalue weighted by Crippen LogP contribution is 2.14. The Kier molecular flexibility index (Phi) is 3.50. The molecule has 0 amide bonds. The van der Waals surface area contributed by atoms with Gasteiger partial charge in [-0.25, -0.2) is 9.67 Å². The molecule has 0 saturated heterocycles. The van der Waals surface area contributed by atoms with Crippen LogP contribution in [0.15, 0.2) is 53.5 Å². The zero-order chi connectivity index (χ0) is 13.8. The van der Waals surface area contributed by atoms with Gasteiger partial charge in [-0.3, -0.25) is 0 Å². The summed E-state index contributed by atoms with van der Waals surface area (Å²) in [6.45, 7) is 2.77. The number of furan rings is 1. The lowest BCUT2D eigenvalue weighted by atomic mass is 10.3. The van der Waals surface area contributed by atoms with Gasteiger partial charge < -0.3 is 9.73 Å². The summed E-state index contributed by atoms with van der Waals surface area (Å²) < 4.78 is 7.38. The molecule has 0 aliphatic heterocycles. The number of aromatic nitrogens is 3. The first-order valence-corrected chi connectivity index (χ1v) is 6.61. The van der Waals surface area contributed by atoms with Crippen LogP contribution in [-0.2, 0) is 13.0 Å². The Morgan fingerprint density at radius 2 is 1.90 bits per heavy atom. The first kappa shape index (κ1) is 12.5. The third-order valence-electron chi connectivity index (χ3n) is 3.08. The van der Waals surface area contributed by atoms with Gasteiger partial charge in [-0.15, -0.1) is 0 Å². The van der Waals surface area contributed by atoms with Gasteiger partial charge in [0.2, 0.25) is 0 Å². The minimum Gasteiger partial charge on any atom is -0.464 e. The summed E-state index contributed by atoms with van der Waals surface area (Å²) in [6, 6.07) is 12.1. The lowest BCUT2D eigenvalue weighted by molar-refractivity contribution is 0.476. The normalized spacial score (nSPS) is 10.7. The highest BCUT2D eigenvalue weighted by Gasteiger charge is 2.01. The molecular weight excluding hydrogens is 252 g/mol. The zero-order valence-corrected chi connectivity index (χ0v) is 11.3. The van der Waals surface area contributed by atoms with E-state index in [1.54, 1.807) is 11.0 Å². The van der Waals surface area contributed by atoms with Crippen LogP contribution < -0.4 is 5.32 Å². The number of hydrogen-bond acceptors (Lipinski definition) is 4. The summed E-state index contributed by atoms with van der Waals surface area (Å²) in [5.74, 6) is 1.96. The molecule has 0 unspecified atom stereocenters. The van der Waals surface area contributed by atoms with Crippen LogP contribution >= 0.6 is 0 Å². The van der Waals surface area contributed by atoms with Crippen molar-refractivity contribution >= 4 is 5.69 Å². The fourth-order valence-corrected chi connectivity index (χ4v) is 1.97. The number of benzene rings is 1. The van der Waals surface area contributed by atoms with Crippen molar-refractivity contribution in [2.45, 2.75) is 19.9 Å². The Hall–Kier alpha value is -2.56. The van der Waals surface area contributed by atoms with Gasteiger partial charge >= 0.3 is 0 Å². The monoisotopic (exact) mass is 268 g/mol. The van der Waals surface area contributed by atoms with Gasteiger partial charge in [0, 0.05) is 12.1 Å². The minimum absolute atomic E-state index is 0.683. The van der Waals surface area contributed by atoms with Gasteiger partial charge in [0.15, 0.2) is 0 Å². The Bertz CT molecular complexity index is 656. The van der Waals surface area contributed by atoms with Gasteiger partial charge in [-0.1, -0.05) is 6.92 Å². The van der Waals surface area contributed by atoms with E-state index in [4.69, 9.17) is 4.42 Å². The number of hydrogen-bond donors (Lipinski definition) is 1. The van der Waals surface area contributed by atoms with Crippen molar-refractivity contribution in [1.82, 2.24) is 14.8 Å². The molecule has 1 N–H and O–H groups in total. The molecule has 102 valence electrons. The van der Waals surface area contributed by atoms with E-state index in [0.717, 1.165) is 29.3 Å². The SMILES string of the molecule is CCc1ccc(CNc2ccc(-n3cncn3)cc2)o1. The average Bonchev–Trinajstić information content (AvgIpc) is 3.17. The van der Waals surface area contributed by atoms with E-state index in [1.165, 1.54) is 6.33 Å². The number of nitrogens with one attached hydrogen (secondary N) is 1. The van der Waals surface area contributed by atoms with Gasteiger partial charge in [0.1, 0.15) is 24.2 Å². The molecule has 0 atom stereocenters. The smallest absolute Gasteiger partial charge is 0.138 e. The van der Waals surface area contributed by atoms with E-state index < -0.39 is 0 Å². The van der Waals surface area contributed by atoms with Crippen LogP contribution in [0.5, 0.6) is 0 Å². The molecular formula is C15H16N4O. The summed E-state index contributed by atoms with van der Waals surface area (Å²) in [7, 11) is 0. The summed E-state index contributed by atoms with van der Waals surface area (Å²) in [4.78, 5) is 3.93. The van der Waals surface area contributed by atoms with Crippen LogP contribution in [0, 0.1) is 0 Å². The van der Waals surface area contributed by atoms with Crippen LogP contribution in [-0.4, -0.2) is 14.8 Å². The topological polar surface area (TPSA) is 55.9 Å². The van der Waals surface area contributed by atoms with Crippen molar-refractivity contribution in [2.24, 2.45) is 0 Å². The molecule has 0 saturated carbocycles. The maximum Gasteiger partial charge on any atom is 0.138 e. The molecule has 3 aromatic rings. The average molecular weight is 268 g/mol. The Morgan fingerprint density at radius 3 is 2.55 bits per heavy atom. The molecule has 0 aliphatic carbocycles. The van der Waals surface area contributed by atoms with Gasteiger partial charge in [-0.2, -0.15) is 5.10 Å². The maximum absolute atomic E-state index is 5.65. The van der Waals surface area contributed by atoms with E-state index in [-0.39, 0.29) is 0 Å². The molecule has 0 aliphatic rings. The second-order valence-electron chi connectivity index (χ2n) is 4.46. The lowest BCUT2D eigenvalue weighted by Crippen LogP contribution is -1.99. The minimum atomic E-state index is 0.683. The molecule has 20 heavy (non-hydrogen) atoms. The van der Waals surface area contributed by atoms with Gasteiger partial charge in [0.05, 0.1) is 12.2 Å². The second-order valence-corrected chi connectivity index (χ2v) is 4.46. The predicted octanol–water partition coefficient (Wildman–Crippen LogP) is 3.03. The largest absolute Gasteiger partial charge is 0.464 e. The number of anilines is 1. The molecule has 0 radical (unpaired) electrons. The lowest BCUT2D eigenvalue weighted by Gasteiger charge is -2.06. The summed E-state index contributed by atoms with van der Waals surface area (Å²) in [5.41, 5.74) is 2.03. The molecule has 3 rings (SSSR count). The third-order valence-corrected chi connectivity index (χ3v) is 3.08. The maximum atomic E-state index is 5.65. The van der Waals surface area contributed by atoms with E-state index in [0.29, 0.717) is 6.54 Å². The molecule has 5 nitrogen and oxygen atoms in total. The molecule has 1 aromatic carbocycles. The summed E-state index contributed by atoms with van der Waals surface area (Å²) in [5, 5.41) is 7.42. The Balaban J connectivity index is 1.63. The van der Waals surface area contributed by atoms with E-state index in [1.807, 2.05) is 36.4 Å². The van der Waals surface area contributed by atoms with Crippen LogP contribution in [0.2, 0.25) is 0 Å². The molecule has 2 aromatic heterocycles. The van der Waals surface area contributed by atoms with Crippen molar-refractivity contribution in [3.05, 3.63) is 60.6 Å². The number of nitrogens with zero attached hydrogens (tertiary/aromatic N) is 3. The summed E-state index contributed by atoms with van der Waals surface area (Å²) in [6.07, 6.45) is 4.12. The molecule has 2 heterocycles. The van der Waals surface area contributed by atoms with Crippen molar-refractivity contribution in [3.8, 4) is 5.69 Å². The van der Waals surface area contributed by atoms with Crippen molar-refractivity contribution in [3.63, 3.8) is 0 Å². The highest BCUT2D eigenvalue weighted by molar-refractivity contribution is 5.48. The van der Waals surface area contributed by atoms with E-state index in [2.05, 4.69) is 22.3 Å². The van der Waals surface area contributed by atoms with E-state index >= 15 is 0 Å². The van der Waals surface area contributed by atoms with Gasteiger partial charge in [0.25, 0.3) is 0 Å². The standard InChI is InChI=1S/C15H16N4O/c1-2-14-7-8-15(20-14)9-17-12-3-5-13(6-4-12)19-11-16-10-18-19/h3-8,10-11,17H,2,9H2,1H3. The molecule has 0 fully saturated rings. The first-order chi connectivity index (χ1) is 9.85. The molecule has 5 heteroatoms. The zero-order valence-electron chi connectivity index (χ0n) is 11.3. The fourth-order valence-electron chi connectivity index (χ4n) is 1.97. The van der Waals surface area contributed by atoms with Crippen LogP contribution in [0.4, 0.5) is 5.69 Å². The Labute approximate surface area is 117 Å². The second kappa shape index (κ2) is 5.61. The first-order valence-electron chi connectivity index (χ1n) is 6.61. The van der Waals surface area contributed by atoms with Gasteiger partial charge in [-0.05, 0) is 36.4 Å². The molecule has 0 spiro atoms. The van der Waals surface area contributed by atoms with Crippen molar-refractivity contribution in [1.29, 1.82) is 0 Å². The number of aryl methyl sites for hydroxylation is 1. The van der Waals surface area contributed by atoms with Crippen molar-refractivity contribution < 1.29 is 4.42 Å². The summed E-state index contributed by atoms with van der Waals surface area (Å²) >= 11 is 0. The fraction of sp³-hybridized carbons (Fsp3) is 0.200.